The zero-order valence-electron chi connectivity index (χ0n) is 21.8. The van der Waals surface area contributed by atoms with Crippen LogP contribution in [0.15, 0.2) is 30.8 Å². The molecule has 194 valence electrons. The van der Waals surface area contributed by atoms with Crippen molar-refractivity contribution >= 4 is 30.0 Å². The summed E-state index contributed by atoms with van der Waals surface area (Å²) in [5, 5.41) is 5.22. The molecule has 0 aliphatic heterocycles. The molecular formula is C26H39N3O6. The van der Waals surface area contributed by atoms with Crippen molar-refractivity contribution in [2.75, 3.05) is 20.2 Å². The minimum absolute atomic E-state index is 0.243. The first kappa shape index (κ1) is 29.7. The Balaban J connectivity index is 3.44. The van der Waals surface area contributed by atoms with Crippen molar-refractivity contribution in [1.29, 1.82) is 0 Å². The van der Waals surface area contributed by atoms with E-state index in [-0.39, 0.29) is 19.0 Å². The van der Waals surface area contributed by atoms with Crippen molar-refractivity contribution in [3.63, 3.8) is 0 Å². The van der Waals surface area contributed by atoms with E-state index in [2.05, 4.69) is 21.9 Å². The molecular weight excluding hydrogens is 450 g/mol. The number of rotatable bonds is 11. The third-order valence-corrected chi connectivity index (χ3v) is 5.01. The molecule has 1 aromatic carbocycles. The summed E-state index contributed by atoms with van der Waals surface area (Å²) >= 11 is 0. The smallest absolute Gasteiger partial charge is 0.408 e. The number of carbonyl (C=O) groups is 4. The van der Waals surface area contributed by atoms with Gasteiger partial charge >= 0.3 is 12.1 Å². The lowest BCUT2D eigenvalue weighted by Crippen LogP contribution is -2.55. The number of ether oxygens (including phenoxy) is 2. The lowest BCUT2D eigenvalue weighted by Gasteiger charge is -2.35. The van der Waals surface area contributed by atoms with Gasteiger partial charge in [0.05, 0.1) is 7.11 Å². The highest BCUT2D eigenvalue weighted by Crippen LogP contribution is 2.25. The van der Waals surface area contributed by atoms with Crippen molar-refractivity contribution < 1.29 is 28.7 Å². The van der Waals surface area contributed by atoms with Crippen molar-refractivity contribution in [2.24, 2.45) is 5.92 Å². The van der Waals surface area contributed by atoms with Gasteiger partial charge in [-0.1, -0.05) is 51.6 Å². The molecule has 3 amide bonds. The van der Waals surface area contributed by atoms with Gasteiger partial charge in [-0.3, -0.25) is 14.4 Å². The topological polar surface area (TPSA) is 114 Å². The maximum absolute atomic E-state index is 13.8. The number of nitrogens with zero attached hydrogens (tertiary/aromatic N) is 1. The largest absolute Gasteiger partial charge is 0.468 e. The average Bonchev–Trinajstić information content (AvgIpc) is 2.79. The average molecular weight is 490 g/mol. The monoisotopic (exact) mass is 489 g/mol. The molecule has 0 fully saturated rings. The molecule has 0 spiro atoms. The maximum atomic E-state index is 13.8. The van der Waals surface area contributed by atoms with Crippen LogP contribution in [0, 0.1) is 5.92 Å². The Kier molecular flexibility index (Phi) is 11.5. The van der Waals surface area contributed by atoms with Crippen LogP contribution in [-0.4, -0.2) is 60.6 Å². The summed E-state index contributed by atoms with van der Waals surface area (Å²) in [7, 11) is 1.22. The number of carbonyl (C=O) groups excluding carboxylic acids is 4. The molecule has 1 aromatic rings. The van der Waals surface area contributed by atoms with Gasteiger partial charge in [0.15, 0.2) is 0 Å². The fraction of sp³-hybridized carbons (Fsp3) is 0.538. The van der Waals surface area contributed by atoms with Gasteiger partial charge in [-0.05, 0) is 50.3 Å². The van der Waals surface area contributed by atoms with Gasteiger partial charge in [0.1, 0.15) is 24.2 Å². The van der Waals surface area contributed by atoms with Gasteiger partial charge in [-0.2, -0.15) is 0 Å². The van der Waals surface area contributed by atoms with Crippen LogP contribution in [0.25, 0.3) is 6.08 Å². The summed E-state index contributed by atoms with van der Waals surface area (Å²) in [6, 6.07) is 5.10. The van der Waals surface area contributed by atoms with E-state index in [0.29, 0.717) is 12.0 Å². The highest BCUT2D eigenvalue weighted by molar-refractivity contribution is 5.93. The molecule has 2 N–H and O–H groups in total. The fourth-order valence-corrected chi connectivity index (χ4v) is 3.39. The molecule has 9 nitrogen and oxygen atoms in total. The standard InChI is InChI=1S/C26H39N3O6/c1-9-14-29(24(32)21(17(3)4)28-25(33)35-26(5,6)7)22(23(31)27-16-20(30)34-8)19-13-11-12-18(10-2)15-19/h10-13,15,17,21-22H,2,9,14,16H2,1,3-8H3,(H,27,31)(H,28,33). The first-order valence-corrected chi connectivity index (χ1v) is 11.7. The maximum Gasteiger partial charge on any atom is 0.408 e. The van der Waals surface area contributed by atoms with Gasteiger partial charge in [0.2, 0.25) is 11.8 Å². The number of alkyl carbamates (subject to hydrolysis) is 1. The lowest BCUT2D eigenvalue weighted by atomic mass is 9.97. The van der Waals surface area contributed by atoms with E-state index in [1.54, 1.807) is 58.9 Å². The lowest BCUT2D eigenvalue weighted by molar-refractivity contribution is -0.145. The SMILES string of the molecule is C=Cc1cccc(C(C(=O)NCC(=O)OC)N(CCC)C(=O)C(NC(=O)OC(C)(C)C)C(C)C)c1. The Labute approximate surface area is 208 Å². The van der Waals surface area contributed by atoms with Gasteiger partial charge in [-0.15, -0.1) is 0 Å². The summed E-state index contributed by atoms with van der Waals surface area (Å²) in [5.74, 6) is -1.88. The normalized spacial score (nSPS) is 12.8. The number of esters is 1. The zero-order valence-corrected chi connectivity index (χ0v) is 21.8. The van der Waals surface area contributed by atoms with E-state index in [0.717, 1.165) is 5.56 Å². The number of hydrogen-bond donors (Lipinski definition) is 2. The minimum Gasteiger partial charge on any atom is -0.468 e. The Bertz CT molecular complexity index is 907. The van der Waals surface area contributed by atoms with Crippen LogP contribution >= 0.6 is 0 Å². The van der Waals surface area contributed by atoms with Crippen LogP contribution in [0.4, 0.5) is 4.79 Å². The summed E-state index contributed by atoms with van der Waals surface area (Å²) < 4.78 is 9.97. The third kappa shape index (κ3) is 9.42. The first-order valence-electron chi connectivity index (χ1n) is 11.7. The highest BCUT2D eigenvalue weighted by atomic mass is 16.6. The molecule has 2 unspecified atom stereocenters. The van der Waals surface area contributed by atoms with E-state index >= 15 is 0 Å². The number of nitrogens with one attached hydrogen (secondary N) is 2. The molecule has 0 saturated carbocycles. The van der Waals surface area contributed by atoms with E-state index < -0.39 is 41.6 Å². The van der Waals surface area contributed by atoms with Crippen molar-refractivity contribution in [3.8, 4) is 0 Å². The Morgan fingerprint density at radius 3 is 2.34 bits per heavy atom. The summed E-state index contributed by atoms with van der Waals surface area (Å²) in [6.07, 6.45) is 1.48. The number of methoxy groups -OCH3 is 1. The molecule has 0 saturated heterocycles. The summed E-state index contributed by atoms with van der Waals surface area (Å²) in [5.41, 5.74) is 0.579. The summed E-state index contributed by atoms with van der Waals surface area (Å²) in [6.45, 7) is 14.4. The van der Waals surface area contributed by atoms with E-state index in [1.165, 1.54) is 12.0 Å². The van der Waals surface area contributed by atoms with Crippen molar-refractivity contribution in [1.82, 2.24) is 15.5 Å². The second kappa shape index (κ2) is 13.5. The molecule has 0 heterocycles. The second-order valence-corrected chi connectivity index (χ2v) is 9.47. The fourth-order valence-electron chi connectivity index (χ4n) is 3.39. The molecule has 0 aromatic heterocycles. The number of amides is 3. The van der Waals surface area contributed by atoms with Gasteiger partial charge in [0, 0.05) is 6.54 Å². The van der Waals surface area contributed by atoms with Crippen LogP contribution in [0.3, 0.4) is 0 Å². The Morgan fingerprint density at radius 2 is 1.83 bits per heavy atom. The predicted molar refractivity (Wildman–Crippen MR) is 134 cm³/mol. The molecule has 0 bridgehead atoms. The van der Waals surface area contributed by atoms with Crippen LogP contribution in [-0.2, 0) is 23.9 Å². The quantitative estimate of drug-likeness (QED) is 0.460. The van der Waals surface area contributed by atoms with Crippen LogP contribution in [0.2, 0.25) is 0 Å². The Hall–Kier alpha value is -3.36. The molecule has 0 radical (unpaired) electrons. The van der Waals surface area contributed by atoms with Crippen LogP contribution < -0.4 is 10.6 Å². The highest BCUT2D eigenvalue weighted by Gasteiger charge is 2.37. The van der Waals surface area contributed by atoms with E-state index in [4.69, 9.17) is 4.74 Å². The van der Waals surface area contributed by atoms with Crippen LogP contribution in [0.5, 0.6) is 0 Å². The third-order valence-electron chi connectivity index (χ3n) is 5.01. The van der Waals surface area contributed by atoms with Crippen molar-refractivity contribution in [3.05, 3.63) is 42.0 Å². The van der Waals surface area contributed by atoms with Gasteiger partial charge in [-0.25, -0.2) is 4.79 Å². The number of benzene rings is 1. The van der Waals surface area contributed by atoms with Gasteiger partial charge < -0.3 is 25.0 Å². The minimum atomic E-state index is -1.05. The van der Waals surface area contributed by atoms with Crippen molar-refractivity contribution in [2.45, 2.75) is 65.6 Å². The van der Waals surface area contributed by atoms with Gasteiger partial charge in [0.25, 0.3) is 0 Å². The second-order valence-electron chi connectivity index (χ2n) is 9.47. The molecule has 9 heteroatoms. The number of hydrogen-bond acceptors (Lipinski definition) is 6. The molecule has 35 heavy (non-hydrogen) atoms. The predicted octanol–water partition coefficient (Wildman–Crippen LogP) is 3.45. The van der Waals surface area contributed by atoms with Crippen LogP contribution in [0.1, 0.15) is 65.1 Å². The first-order chi connectivity index (χ1) is 16.3. The summed E-state index contributed by atoms with van der Waals surface area (Å²) in [4.78, 5) is 52.7. The zero-order chi connectivity index (χ0) is 26.8. The Morgan fingerprint density at radius 1 is 1.17 bits per heavy atom. The molecule has 1 rings (SSSR count). The van der Waals surface area contributed by atoms with E-state index in [1.807, 2.05) is 13.0 Å². The molecule has 2 atom stereocenters. The molecule has 0 aliphatic carbocycles. The van der Waals surface area contributed by atoms with E-state index in [9.17, 15) is 19.2 Å². The molecule has 0 aliphatic rings.